The molecule has 1 N–H and O–H groups in total. The third-order valence-corrected chi connectivity index (χ3v) is 6.28. The molecule has 1 aliphatic heterocycles. The summed E-state index contributed by atoms with van der Waals surface area (Å²) in [6, 6.07) is 16.4. The number of β-amino-alcohol motifs (C(OH)–C–C–N with tert-alkyl or cyclic N) is 1. The molecular formula is C25H32N2O3. The number of benzene rings is 2. The van der Waals surface area contributed by atoms with Crippen LogP contribution in [0.4, 0.5) is 5.69 Å². The molecule has 1 aliphatic carbocycles. The van der Waals surface area contributed by atoms with Gasteiger partial charge in [0, 0.05) is 44.0 Å². The Balaban J connectivity index is 1.22. The number of ether oxygens (including phenoxy) is 1. The van der Waals surface area contributed by atoms with Crippen molar-refractivity contribution in [3.63, 3.8) is 0 Å². The van der Waals surface area contributed by atoms with Crippen molar-refractivity contribution in [2.24, 2.45) is 0 Å². The smallest absolute Gasteiger partial charge is 0.159 e. The minimum atomic E-state index is -0.472. The summed E-state index contributed by atoms with van der Waals surface area (Å²) >= 11 is 0. The van der Waals surface area contributed by atoms with Crippen molar-refractivity contribution < 1.29 is 14.6 Å². The Morgan fingerprint density at radius 2 is 1.83 bits per heavy atom. The third-order valence-electron chi connectivity index (χ3n) is 6.28. The molecule has 4 rings (SSSR count). The number of anilines is 1. The zero-order valence-corrected chi connectivity index (χ0v) is 17.8. The van der Waals surface area contributed by atoms with E-state index in [1.807, 2.05) is 24.3 Å². The maximum absolute atomic E-state index is 11.4. The first-order valence-corrected chi connectivity index (χ1v) is 11.1. The van der Waals surface area contributed by atoms with Crippen LogP contribution in [0.1, 0.15) is 47.4 Å². The van der Waals surface area contributed by atoms with Crippen molar-refractivity contribution in [3.8, 4) is 0 Å². The zero-order chi connectivity index (χ0) is 20.9. The van der Waals surface area contributed by atoms with Crippen molar-refractivity contribution in [2.75, 3.05) is 44.2 Å². The summed E-state index contributed by atoms with van der Waals surface area (Å²) in [5.41, 5.74) is 4.58. The first kappa shape index (κ1) is 21.0. The maximum atomic E-state index is 11.4. The molecule has 2 atom stereocenters. The molecule has 5 heteroatoms. The molecule has 0 saturated carbocycles. The second-order valence-corrected chi connectivity index (χ2v) is 8.46. The molecule has 0 bridgehead atoms. The van der Waals surface area contributed by atoms with Gasteiger partial charge in [0.2, 0.25) is 0 Å². The van der Waals surface area contributed by atoms with Crippen molar-refractivity contribution in [1.29, 1.82) is 0 Å². The number of ketones is 1. The van der Waals surface area contributed by atoms with Crippen LogP contribution in [-0.4, -0.2) is 61.2 Å². The van der Waals surface area contributed by atoms with E-state index >= 15 is 0 Å². The van der Waals surface area contributed by atoms with Gasteiger partial charge in [0.25, 0.3) is 0 Å². The van der Waals surface area contributed by atoms with E-state index in [0.717, 1.165) is 56.7 Å². The van der Waals surface area contributed by atoms with Crippen LogP contribution in [0.3, 0.4) is 0 Å². The molecule has 0 radical (unpaired) electrons. The molecule has 30 heavy (non-hydrogen) atoms. The molecule has 5 nitrogen and oxygen atoms in total. The van der Waals surface area contributed by atoms with Crippen molar-refractivity contribution in [2.45, 2.75) is 38.4 Å². The summed E-state index contributed by atoms with van der Waals surface area (Å²) in [5.74, 6) is 0.0966. The number of Topliss-reactive ketones (excluding diaryl/α,β-unsaturated/α-hetero) is 1. The predicted molar refractivity (Wildman–Crippen MR) is 119 cm³/mol. The first-order valence-electron chi connectivity index (χ1n) is 11.1. The topological polar surface area (TPSA) is 53.0 Å². The van der Waals surface area contributed by atoms with E-state index in [2.05, 4.69) is 34.1 Å². The average molecular weight is 409 g/mol. The molecule has 1 heterocycles. The van der Waals surface area contributed by atoms with Gasteiger partial charge in [-0.2, -0.15) is 0 Å². The van der Waals surface area contributed by atoms with Gasteiger partial charge in [-0.3, -0.25) is 9.69 Å². The number of rotatable bonds is 7. The average Bonchev–Trinajstić information content (AvgIpc) is 2.78. The van der Waals surface area contributed by atoms with Crippen molar-refractivity contribution >= 4 is 11.5 Å². The summed E-state index contributed by atoms with van der Waals surface area (Å²) in [4.78, 5) is 16.1. The van der Waals surface area contributed by atoms with E-state index in [-0.39, 0.29) is 11.9 Å². The van der Waals surface area contributed by atoms with Crippen LogP contribution in [0.15, 0.2) is 48.5 Å². The van der Waals surface area contributed by atoms with E-state index in [0.29, 0.717) is 13.2 Å². The number of carbonyl (C=O) groups is 1. The highest BCUT2D eigenvalue weighted by atomic mass is 16.5. The largest absolute Gasteiger partial charge is 0.389 e. The zero-order valence-electron chi connectivity index (χ0n) is 17.8. The van der Waals surface area contributed by atoms with Crippen LogP contribution in [-0.2, 0) is 11.2 Å². The van der Waals surface area contributed by atoms with Crippen LogP contribution in [0.2, 0.25) is 0 Å². The van der Waals surface area contributed by atoms with E-state index in [4.69, 9.17) is 4.74 Å². The molecule has 2 aliphatic rings. The number of aryl methyl sites for hydroxylation is 1. The minimum absolute atomic E-state index is 0.0966. The van der Waals surface area contributed by atoms with Crippen LogP contribution >= 0.6 is 0 Å². The summed E-state index contributed by atoms with van der Waals surface area (Å²) in [7, 11) is 0. The molecular weight excluding hydrogens is 376 g/mol. The highest BCUT2D eigenvalue weighted by molar-refractivity contribution is 5.94. The van der Waals surface area contributed by atoms with Gasteiger partial charge in [0.05, 0.1) is 18.8 Å². The van der Waals surface area contributed by atoms with E-state index in [1.165, 1.54) is 11.1 Å². The molecule has 0 amide bonds. The van der Waals surface area contributed by atoms with Gasteiger partial charge < -0.3 is 14.7 Å². The molecule has 2 aromatic rings. The lowest BCUT2D eigenvalue weighted by Crippen LogP contribution is -2.49. The van der Waals surface area contributed by atoms with Gasteiger partial charge in [0.1, 0.15) is 0 Å². The molecule has 2 unspecified atom stereocenters. The Bertz CT molecular complexity index is 844. The predicted octanol–water partition coefficient (Wildman–Crippen LogP) is 3.47. The Labute approximate surface area is 179 Å². The lowest BCUT2D eigenvalue weighted by molar-refractivity contribution is -0.0285. The quantitative estimate of drug-likeness (QED) is 0.711. The van der Waals surface area contributed by atoms with E-state index in [1.54, 1.807) is 6.92 Å². The molecule has 0 aromatic heterocycles. The van der Waals surface area contributed by atoms with Crippen molar-refractivity contribution in [1.82, 2.24) is 4.90 Å². The molecule has 160 valence electrons. The van der Waals surface area contributed by atoms with Gasteiger partial charge in [-0.1, -0.05) is 24.3 Å². The number of hydrogen-bond acceptors (Lipinski definition) is 5. The highest BCUT2D eigenvalue weighted by Crippen LogP contribution is 2.32. The molecule has 2 aromatic carbocycles. The fourth-order valence-corrected chi connectivity index (χ4v) is 4.56. The Morgan fingerprint density at radius 3 is 2.57 bits per heavy atom. The molecule has 1 fully saturated rings. The highest BCUT2D eigenvalue weighted by Gasteiger charge is 2.23. The summed E-state index contributed by atoms with van der Waals surface area (Å²) in [5, 5.41) is 10.5. The normalized spacial score (nSPS) is 20.6. The lowest BCUT2D eigenvalue weighted by atomic mass is 9.89. The van der Waals surface area contributed by atoms with Gasteiger partial charge in [-0.25, -0.2) is 0 Å². The Hall–Kier alpha value is -2.21. The number of carbonyl (C=O) groups excluding carboxylic acids is 1. The standard InChI is InChI=1S/C25H32N2O3/c1-19(28)20-9-11-22(12-10-20)27-15-13-26(14-16-27)17-23(29)18-30-25-8-4-6-21-5-2-3-7-24(21)25/h2-3,5,7,9-12,23,25,29H,4,6,8,13-18H2,1H3. The number of fused-ring (bicyclic) bond motifs is 1. The summed E-state index contributed by atoms with van der Waals surface area (Å²) in [6.07, 6.45) is 2.94. The summed E-state index contributed by atoms with van der Waals surface area (Å²) in [6.45, 7) is 6.29. The Morgan fingerprint density at radius 1 is 1.10 bits per heavy atom. The monoisotopic (exact) mass is 408 g/mol. The SMILES string of the molecule is CC(=O)c1ccc(N2CCN(CC(O)COC3CCCc4ccccc43)CC2)cc1. The fourth-order valence-electron chi connectivity index (χ4n) is 4.56. The lowest BCUT2D eigenvalue weighted by Gasteiger charge is -2.37. The number of hydrogen-bond donors (Lipinski definition) is 1. The number of piperazine rings is 1. The minimum Gasteiger partial charge on any atom is -0.389 e. The Kier molecular flexibility index (Phi) is 6.82. The number of aliphatic hydroxyl groups is 1. The second kappa shape index (κ2) is 9.73. The third kappa shape index (κ3) is 5.09. The molecule has 1 saturated heterocycles. The van der Waals surface area contributed by atoms with Crippen LogP contribution < -0.4 is 4.90 Å². The van der Waals surface area contributed by atoms with Gasteiger partial charge >= 0.3 is 0 Å². The van der Waals surface area contributed by atoms with Gasteiger partial charge in [0.15, 0.2) is 5.78 Å². The summed E-state index contributed by atoms with van der Waals surface area (Å²) < 4.78 is 6.12. The van der Waals surface area contributed by atoms with Crippen LogP contribution in [0.25, 0.3) is 0 Å². The number of aliphatic hydroxyl groups excluding tert-OH is 1. The molecule has 0 spiro atoms. The van der Waals surface area contributed by atoms with Gasteiger partial charge in [-0.05, 0) is 61.6 Å². The number of nitrogens with zero attached hydrogens (tertiary/aromatic N) is 2. The fraction of sp³-hybridized carbons (Fsp3) is 0.480. The van der Waals surface area contributed by atoms with Crippen LogP contribution in [0.5, 0.6) is 0 Å². The maximum Gasteiger partial charge on any atom is 0.159 e. The van der Waals surface area contributed by atoms with Crippen LogP contribution in [0, 0.1) is 0 Å². The van der Waals surface area contributed by atoms with E-state index in [9.17, 15) is 9.90 Å². The second-order valence-electron chi connectivity index (χ2n) is 8.46. The van der Waals surface area contributed by atoms with E-state index < -0.39 is 6.10 Å². The van der Waals surface area contributed by atoms with Gasteiger partial charge in [-0.15, -0.1) is 0 Å². The van der Waals surface area contributed by atoms with Crippen molar-refractivity contribution in [3.05, 3.63) is 65.2 Å². The first-order chi connectivity index (χ1) is 14.6.